The number of aromatic nitrogens is 3. The first kappa shape index (κ1) is 16.9. The fraction of sp³-hybridized carbons (Fsp3) is 0.286. The molecule has 0 N–H and O–H groups in total. The molecule has 0 fully saturated rings. The van der Waals surface area contributed by atoms with Crippen molar-refractivity contribution in [3.63, 3.8) is 0 Å². The number of hydrogen-bond donors (Lipinski definition) is 0. The van der Waals surface area contributed by atoms with Gasteiger partial charge >= 0.3 is 0 Å². The Morgan fingerprint density at radius 1 is 1.12 bits per heavy atom. The second-order valence-corrected chi connectivity index (χ2v) is 6.69. The van der Waals surface area contributed by atoms with Crippen molar-refractivity contribution in [1.29, 1.82) is 0 Å². The molecule has 0 aliphatic rings. The van der Waals surface area contributed by atoms with Gasteiger partial charge in [-0.15, -0.1) is 0 Å². The normalized spacial score (nSPS) is 10.9. The summed E-state index contributed by atoms with van der Waals surface area (Å²) in [6.45, 7) is 16.1. The number of pyridine rings is 1. The van der Waals surface area contributed by atoms with Crippen LogP contribution >= 0.6 is 0 Å². The summed E-state index contributed by atoms with van der Waals surface area (Å²) in [7, 11) is 2.05. The Bertz CT molecular complexity index is 974. The van der Waals surface area contributed by atoms with Gasteiger partial charge in [-0.25, -0.2) is 14.0 Å². The molecule has 1 aromatic carbocycles. The van der Waals surface area contributed by atoms with Crippen molar-refractivity contribution >= 4 is 5.69 Å². The molecule has 4 nitrogen and oxygen atoms in total. The molecular weight excluding hydrogens is 308 g/mol. The lowest BCUT2D eigenvalue weighted by molar-refractivity contribution is -0.659. The van der Waals surface area contributed by atoms with Crippen LogP contribution in [0.2, 0.25) is 0 Å². The van der Waals surface area contributed by atoms with Crippen LogP contribution in [0.1, 0.15) is 31.1 Å². The quantitative estimate of drug-likeness (QED) is 0.509. The average Bonchev–Trinajstić information content (AvgIpc) is 2.97. The summed E-state index contributed by atoms with van der Waals surface area (Å²) in [5, 5.41) is 0. The lowest BCUT2D eigenvalue weighted by Gasteiger charge is -2.11. The molecular formula is C21H24N4+2. The van der Waals surface area contributed by atoms with Gasteiger partial charge in [0.25, 0.3) is 5.82 Å². The first-order valence-corrected chi connectivity index (χ1v) is 8.50. The van der Waals surface area contributed by atoms with Crippen LogP contribution in [0.3, 0.4) is 0 Å². The summed E-state index contributed by atoms with van der Waals surface area (Å²) in [6, 6.07) is 10.5. The molecule has 0 atom stereocenters. The summed E-state index contributed by atoms with van der Waals surface area (Å²) in [5.74, 6) is 1.12. The van der Waals surface area contributed by atoms with Gasteiger partial charge < -0.3 is 0 Å². The van der Waals surface area contributed by atoms with Crippen molar-refractivity contribution in [3.05, 3.63) is 71.6 Å². The molecule has 0 saturated carbocycles. The second kappa shape index (κ2) is 6.52. The molecule has 4 heteroatoms. The third-order valence-corrected chi connectivity index (χ3v) is 4.64. The van der Waals surface area contributed by atoms with Crippen LogP contribution in [0.25, 0.3) is 21.9 Å². The van der Waals surface area contributed by atoms with Crippen molar-refractivity contribution in [2.75, 3.05) is 0 Å². The van der Waals surface area contributed by atoms with Gasteiger partial charge in [0.2, 0.25) is 5.69 Å². The van der Waals surface area contributed by atoms with E-state index in [9.17, 15) is 0 Å². The number of imidazole rings is 1. The average molecular weight is 332 g/mol. The van der Waals surface area contributed by atoms with E-state index in [0.29, 0.717) is 11.7 Å². The first-order chi connectivity index (χ1) is 11.9. The molecule has 0 saturated heterocycles. The highest BCUT2D eigenvalue weighted by Gasteiger charge is 2.26. The summed E-state index contributed by atoms with van der Waals surface area (Å²) < 4.78 is 6.53. The van der Waals surface area contributed by atoms with Crippen molar-refractivity contribution < 1.29 is 9.13 Å². The van der Waals surface area contributed by atoms with Gasteiger partial charge in [0.15, 0.2) is 17.6 Å². The van der Waals surface area contributed by atoms with E-state index in [0.717, 1.165) is 22.8 Å². The smallest absolute Gasteiger partial charge is 0.238 e. The van der Waals surface area contributed by atoms with E-state index in [1.54, 1.807) is 0 Å². The molecule has 0 amide bonds. The maximum absolute atomic E-state index is 7.54. The molecule has 2 aromatic heterocycles. The lowest BCUT2D eigenvalue weighted by Crippen LogP contribution is -2.35. The molecule has 3 aromatic rings. The fourth-order valence-electron chi connectivity index (χ4n) is 3.27. The van der Waals surface area contributed by atoms with Crippen LogP contribution in [-0.2, 0) is 7.05 Å². The Labute approximate surface area is 149 Å². The van der Waals surface area contributed by atoms with Gasteiger partial charge in [0.1, 0.15) is 12.4 Å². The van der Waals surface area contributed by atoms with E-state index in [4.69, 9.17) is 6.57 Å². The Balaban J connectivity index is 2.34. The van der Waals surface area contributed by atoms with Gasteiger partial charge in [-0.3, -0.25) is 0 Å². The molecule has 0 bridgehead atoms. The van der Waals surface area contributed by atoms with Crippen LogP contribution in [0.4, 0.5) is 5.69 Å². The number of benzene rings is 1. The SMILES string of the molecule is [C-]#[N+]c1cc(-c2n(C(C)C)cc[n+]2C)c(C)c(-[n+]2ccccc2C)c1. The Hall–Kier alpha value is -2.93. The van der Waals surface area contributed by atoms with Gasteiger partial charge in [0, 0.05) is 30.7 Å². The maximum Gasteiger partial charge on any atom is 0.288 e. The minimum absolute atomic E-state index is 0.349. The topological polar surface area (TPSA) is 17.0 Å². The van der Waals surface area contributed by atoms with Gasteiger partial charge in [-0.1, -0.05) is 6.07 Å². The number of rotatable bonds is 3. The summed E-state index contributed by atoms with van der Waals surface area (Å²) >= 11 is 0. The standard InChI is InChI=1S/C21H24N4/c1-15(2)24-12-11-23(6)21(24)19-13-18(22-5)14-20(17(19)4)25-10-8-7-9-16(25)3/h7-15H,1-4,6H3/q+2. The molecule has 25 heavy (non-hydrogen) atoms. The molecule has 0 radical (unpaired) electrons. The molecule has 2 heterocycles. The van der Waals surface area contributed by atoms with E-state index in [2.05, 4.69) is 77.9 Å². The highest BCUT2D eigenvalue weighted by Crippen LogP contribution is 2.31. The van der Waals surface area contributed by atoms with Gasteiger partial charge in [-0.2, -0.15) is 4.57 Å². The summed E-state index contributed by atoms with van der Waals surface area (Å²) in [6.07, 6.45) is 6.22. The molecule has 0 spiro atoms. The van der Waals surface area contributed by atoms with Crippen molar-refractivity contribution in [1.82, 2.24) is 4.57 Å². The predicted octanol–water partition coefficient (Wildman–Crippen LogP) is 4.00. The highest BCUT2D eigenvalue weighted by atomic mass is 15.1. The van der Waals surface area contributed by atoms with Crippen LogP contribution < -0.4 is 9.13 Å². The van der Waals surface area contributed by atoms with Crippen LogP contribution in [0.15, 0.2) is 48.9 Å². The molecule has 0 unspecified atom stereocenters. The van der Waals surface area contributed by atoms with Crippen LogP contribution in [0.5, 0.6) is 0 Å². The Kier molecular flexibility index (Phi) is 4.41. The largest absolute Gasteiger partial charge is 0.288 e. The maximum atomic E-state index is 7.54. The van der Waals surface area contributed by atoms with E-state index in [1.807, 2.05) is 24.3 Å². The highest BCUT2D eigenvalue weighted by molar-refractivity contribution is 5.70. The van der Waals surface area contributed by atoms with E-state index in [1.165, 1.54) is 5.56 Å². The van der Waals surface area contributed by atoms with Gasteiger partial charge in [0.05, 0.1) is 25.2 Å². The fourth-order valence-corrected chi connectivity index (χ4v) is 3.27. The zero-order chi connectivity index (χ0) is 18.1. The van der Waals surface area contributed by atoms with Gasteiger partial charge in [-0.05, 0) is 26.8 Å². The predicted molar refractivity (Wildman–Crippen MR) is 98.7 cm³/mol. The summed E-state index contributed by atoms with van der Waals surface area (Å²) in [5.41, 5.74) is 5.12. The minimum Gasteiger partial charge on any atom is -0.238 e. The number of nitrogens with zero attached hydrogens (tertiary/aromatic N) is 4. The number of hydrogen-bond acceptors (Lipinski definition) is 0. The molecule has 3 rings (SSSR count). The molecule has 0 aliphatic heterocycles. The van der Waals surface area contributed by atoms with Crippen molar-refractivity contribution in [2.45, 2.75) is 33.7 Å². The zero-order valence-corrected chi connectivity index (χ0v) is 15.5. The van der Waals surface area contributed by atoms with E-state index >= 15 is 0 Å². The molecule has 126 valence electrons. The lowest BCUT2D eigenvalue weighted by atomic mass is 10.0. The second-order valence-electron chi connectivity index (χ2n) is 6.69. The van der Waals surface area contributed by atoms with Crippen molar-refractivity contribution in [3.8, 4) is 17.1 Å². The van der Waals surface area contributed by atoms with Crippen molar-refractivity contribution in [2.24, 2.45) is 7.05 Å². The first-order valence-electron chi connectivity index (χ1n) is 8.50. The summed E-state index contributed by atoms with van der Waals surface area (Å²) in [4.78, 5) is 3.72. The minimum atomic E-state index is 0.349. The zero-order valence-electron chi connectivity index (χ0n) is 15.5. The third kappa shape index (κ3) is 2.94. The van der Waals surface area contributed by atoms with E-state index < -0.39 is 0 Å². The van der Waals surface area contributed by atoms with Crippen LogP contribution in [0, 0.1) is 20.4 Å². The number of aryl methyl sites for hydroxylation is 2. The Morgan fingerprint density at radius 3 is 2.52 bits per heavy atom. The third-order valence-electron chi connectivity index (χ3n) is 4.64. The monoisotopic (exact) mass is 332 g/mol. The Morgan fingerprint density at radius 2 is 1.88 bits per heavy atom. The molecule has 0 aliphatic carbocycles. The van der Waals surface area contributed by atoms with E-state index in [-0.39, 0.29) is 0 Å². The van der Waals surface area contributed by atoms with Crippen LogP contribution in [-0.4, -0.2) is 4.57 Å².